The molecule has 0 amide bonds. The van der Waals surface area contributed by atoms with Crippen LogP contribution in [0.1, 0.15) is 52.7 Å². The van der Waals surface area contributed by atoms with E-state index in [1.54, 1.807) is 24.3 Å². The second kappa shape index (κ2) is 10.9. The van der Waals surface area contributed by atoms with Crippen LogP contribution < -0.4 is 18.9 Å². The van der Waals surface area contributed by atoms with E-state index in [1.807, 2.05) is 53.7 Å². The Kier molecular flexibility index (Phi) is 8.46. The minimum Gasteiger partial charge on any atom is -0.491 e. The zero-order chi connectivity index (χ0) is 24.8. The van der Waals surface area contributed by atoms with Gasteiger partial charge in [0.25, 0.3) is 0 Å². The predicted molar refractivity (Wildman–Crippen MR) is 128 cm³/mol. The SMILES string of the molecule is C=CC(=O)Oc1ccc(C(C)(C)c2ccc(OC(=O)C=C)cc2OC(C)C)c(OC(C)C)c1. The van der Waals surface area contributed by atoms with Gasteiger partial charge in [-0.05, 0) is 39.8 Å². The van der Waals surface area contributed by atoms with Crippen LogP contribution in [0.25, 0.3) is 0 Å². The van der Waals surface area contributed by atoms with E-state index in [9.17, 15) is 9.59 Å². The molecule has 2 rings (SSSR count). The maximum atomic E-state index is 11.7. The van der Waals surface area contributed by atoms with Crippen LogP contribution in [0.4, 0.5) is 0 Å². The molecular weight excluding hydrogens is 420 g/mol. The molecule has 0 bridgehead atoms. The largest absolute Gasteiger partial charge is 0.491 e. The van der Waals surface area contributed by atoms with E-state index in [1.165, 1.54) is 0 Å². The predicted octanol–water partition coefficient (Wildman–Crippen LogP) is 5.77. The van der Waals surface area contributed by atoms with Gasteiger partial charge in [-0.1, -0.05) is 39.1 Å². The molecule has 0 aromatic heterocycles. The van der Waals surface area contributed by atoms with Gasteiger partial charge in [0.05, 0.1) is 12.2 Å². The van der Waals surface area contributed by atoms with E-state index in [0.29, 0.717) is 23.0 Å². The topological polar surface area (TPSA) is 71.1 Å². The van der Waals surface area contributed by atoms with Crippen LogP contribution >= 0.6 is 0 Å². The van der Waals surface area contributed by atoms with Crippen molar-refractivity contribution in [1.29, 1.82) is 0 Å². The molecule has 0 saturated heterocycles. The molecule has 0 aliphatic carbocycles. The Morgan fingerprint density at radius 2 is 1.12 bits per heavy atom. The van der Waals surface area contributed by atoms with E-state index < -0.39 is 17.4 Å². The van der Waals surface area contributed by atoms with Crippen molar-refractivity contribution >= 4 is 11.9 Å². The third-order valence-corrected chi connectivity index (χ3v) is 4.75. The fraction of sp³-hybridized carbons (Fsp3) is 0.333. The third kappa shape index (κ3) is 6.72. The molecule has 0 radical (unpaired) electrons. The summed E-state index contributed by atoms with van der Waals surface area (Å²) < 4.78 is 22.7. The van der Waals surface area contributed by atoms with Gasteiger partial charge in [0.15, 0.2) is 0 Å². The molecule has 0 aliphatic rings. The first kappa shape index (κ1) is 25.7. The van der Waals surface area contributed by atoms with Crippen molar-refractivity contribution in [2.45, 2.75) is 59.2 Å². The van der Waals surface area contributed by atoms with Gasteiger partial charge in [-0.3, -0.25) is 0 Å². The van der Waals surface area contributed by atoms with Crippen molar-refractivity contribution in [2.75, 3.05) is 0 Å². The second-order valence-corrected chi connectivity index (χ2v) is 8.52. The Morgan fingerprint density at radius 3 is 1.42 bits per heavy atom. The highest BCUT2D eigenvalue weighted by Crippen LogP contribution is 2.44. The summed E-state index contributed by atoms with van der Waals surface area (Å²) in [6.45, 7) is 18.7. The van der Waals surface area contributed by atoms with Crippen molar-refractivity contribution in [1.82, 2.24) is 0 Å². The van der Waals surface area contributed by atoms with Crippen LogP contribution in [0.3, 0.4) is 0 Å². The van der Waals surface area contributed by atoms with Gasteiger partial charge in [0, 0.05) is 40.8 Å². The molecule has 176 valence electrons. The minimum absolute atomic E-state index is 0.100. The molecule has 0 atom stereocenters. The Labute approximate surface area is 195 Å². The van der Waals surface area contributed by atoms with Crippen LogP contribution in [0, 0.1) is 0 Å². The fourth-order valence-electron chi connectivity index (χ4n) is 3.33. The molecule has 6 nitrogen and oxygen atoms in total. The maximum absolute atomic E-state index is 11.7. The summed E-state index contributed by atoms with van der Waals surface area (Å²) >= 11 is 0. The van der Waals surface area contributed by atoms with Crippen LogP contribution in [-0.2, 0) is 15.0 Å². The van der Waals surface area contributed by atoms with E-state index in [-0.39, 0.29) is 12.2 Å². The fourth-order valence-corrected chi connectivity index (χ4v) is 3.33. The van der Waals surface area contributed by atoms with Crippen molar-refractivity contribution in [3.8, 4) is 23.0 Å². The minimum atomic E-state index is -0.573. The van der Waals surface area contributed by atoms with E-state index >= 15 is 0 Å². The van der Waals surface area contributed by atoms with Gasteiger partial charge in [-0.2, -0.15) is 0 Å². The Morgan fingerprint density at radius 1 is 0.758 bits per heavy atom. The second-order valence-electron chi connectivity index (χ2n) is 8.52. The van der Waals surface area contributed by atoms with Gasteiger partial charge in [-0.15, -0.1) is 0 Å². The molecule has 0 heterocycles. The maximum Gasteiger partial charge on any atom is 0.335 e. The van der Waals surface area contributed by atoms with Gasteiger partial charge in [0.2, 0.25) is 0 Å². The summed E-state index contributed by atoms with van der Waals surface area (Å²) in [5, 5.41) is 0. The van der Waals surface area contributed by atoms with Crippen molar-refractivity contribution in [2.24, 2.45) is 0 Å². The first-order valence-electron chi connectivity index (χ1n) is 10.8. The van der Waals surface area contributed by atoms with Crippen LogP contribution in [0.5, 0.6) is 23.0 Å². The zero-order valence-electron chi connectivity index (χ0n) is 20.1. The quantitative estimate of drug-likeness (QED) is 0.259. The molecule has 0 N–H and O–H groups in total. The van der Waals surface area contributed by atoms with Crippen LogP contribution in [0.15, 0.2) is 61.7 Å². The molecule has 33 heavy (non-hydrogen) atoms. The third-order valence-electron chi connectivity index (χ3n) is 4.75. The number of carbonyl (C=O) groups is 2. The number of hydrogen-bond acceptors (Lipinski definition) is 6. The van der Waals surface area contributed by atoms with Crippen molar-refractivity contribution < 1.29 is 28.5 Å². The summed E-state index contributed by atoms with van der Waals surface area (Å²) in [7, 11) is 0. The lowest BCUT2D eigenvalue weighted by atomic mass is 9.77. The number of benzene rings is 2. The van der Waals surface area contributed by atoms with Gasteiger partial charge in [-0.25, -0.2) is 9.59 Å². The summed E-state index contributed by atoms with van der Waals surface area (Å²) in [6.07, 6.45) is 2.02. The lowest BCUT2D eigenvalue weighted by Crippen LogP contribution is -2.23. The number of carbonyl (C=O) groups excluding carboxylic acids is 2. The van der Waals surface area contributed by atoms with Crippen LogP contribution in [0.2, 0.25) is 0 Å². The average Bonchev–Trinajstić information content (AvgIpc) is 2.72. The average molecular weight is 453 g/mol. The monoisotopic (exact) mass is 452 g/mol. The molecule has 0 spiro atoms. The zero-order valence-corrected chi connectivity index (χ0v) is 20.1. The van der Waals surface area contributed by atoms with E-state index in [4.69, 9.17) is 18.9 Å². The molecule has 0 fully saturated rings. The normalized spacial score (nSPS) is 11.2. The highest BCUT2D eigenvalue weighted by Gasteiger charge is 2.31. The van der Waals surface area contributed by atoms with Gasteiger partial charge in [0.1, 0.15) is 23.0 Å². The standard InChI is InChI=1S/C27H32O6/c1-9-25(28)32-19-11-13-21(23(15-19)30-17(3)4)27(7,8)22-14-12-20(33-26(29)10-2)16-24(22)31-18(5)6/h9-18H,1-2H2,3-8H3. The summed E-state index contributed by atoms with van der Waals surface area (Å²) in [5.74, 6) is 0.800. The molecule has 2 aromatic rings. The van der Waals surface area contributed by atoms with Crippen LogP contribution in [-0.4, -0.2) is 24.1 Å². The van der Waals surface area contributed by atoms with E-state index in [2.05, 4.69) is 13.2 Å². The molecule has 2 aromatic carbocycles. The van der Waals surface area contributed by atoms with Crippen molar-refractivity contribution in [3.05, 3.63) is 72.8 Å². The number of ether oxygens (including phenoxy) is 4. The molecule has 0 aliphatic heterocycles. The van der Waals surface area contributed by atoms with Gasteiger partial charge >= 0.3 is 11.9 Å². The highest BCUT2D eigenvalue weighted by molar-refractivity contribution is 5.84. The van der Waals surface area contributed by atoms with Gasteiger partial charge < -0.3 is 18.9 Å². The molecule has 0 unspecified atom stereocenters. The number of hydrogen-bond donors (Lipinski definition) is 0. The summed E-state index contributed by atoms with van der Waals surface area (Å²) in [4.78, 5) is 23.3. The molecular formula is C27H32O6. The smallest absolute Gasteiger partial charge is 0.335 e. The number of rotatable bonds is 10. The Balaban J connectivity index is 2.60. The Hall–Kier alpha value is -3.54. The van der Waals surface area contributed by atoms with E-state index in [0.717, 1.165) is 23.3 Å². The first-order valence-corrected chi connectivity index (χ1v) is 10.8. The molecule has 6 heteroatoms. The lowest BCUT2D eigenvalue weighted by Gasteiger charge is -2.31. The summed E-state index contributed by atoms with van der Waals surface area (Å²) in [6, 6.07) is 10.6. The lowest BCUT2D eigenvalue weighted by molar-refractivity contribution is -0.129. The Bertz CT molecular complexity index is 951. The first-order chi connectivity index (χ1) is 15.5. The summed E-state index contributed by atoms with van der Waals surface area (Å²) in [5.41, 5.74) is 1.18. The molecule has 0 saturated carbocycles. The van der Waals surface area contributed by atoms with Crippen molar-refractivity contribution in [3.63, 3.8) is 0 Å². The number of esters is 2. The highest BCUT2D eigenvalue weighted by atomic mass is 16.5.